The van der Waals surface area contributed by atoms with Crippen molar-refractivity contribution in [1.29, 1.82) is 0 Å². The maximum absolute atomic E-state index is 12.6. The van der Waals surface area contributed by atoms with E-state index in [1.165, 1.54) is 10.9 Å². The smallest absolute Gasteiger partial charge is 0.261 e. The number of fused-ring (bicyclic) bond motifs is 1. The average molecular weight is 451 g/mol. The van der Waals surface area contributed by atoms with E-state index in [9.17, 15) is 9.90 Å². The average Bonchev–Trinajstić information content (AvgIpc) is 2.76. The van der Waals surface area contributed by atoms with Crippen LogP contribution >= 0.6 is 15.9 Å². The van der Waals surface area contributed by atoms with Gasteiger partial charge in [-0.1, -0.05) is 58.4 Å². The second-order valence-corrected chi connectivity index (χ2v) is 7.63. The maximum Gasteiger partial charge on any atom is 0.261 e. The number of benzene rings is 3. The highest BCUT2D eigenvalue weighted by molar-refractivity contribution is 9.10. The van der Waals surface area contributed by atoms with Gasteiger partial charge in [0.1, 0.15) is 18.5 Å². The van der Waals surface area contributed by atoms with E-state index in [4.69, 9.17) is 4.74 Å². The lowest BCUT2D eigenvalue weighted by molar-refractivity contribution is 0.0915. The van der Waals surface area contributed by atoms with Crippen LogP contribution in [0.2, 0.25) is 0 Å². The van der Waals surface area contributed by atoms with Crippen LogP contribution in [0.25, 0.3) is 22.0 Å². The summed E-state index contributed by atoms with van der Waals surface area (Å²) in [7, 11) is 0. The lowest BCUT2D eigenvalue weighted by Crippen LogP contribution is -2.30. The van der Waals surface area contributed by atoms with Crippen molar-refractivity contribution in [2.75, 3.05) is 6.61 Å². The Hall–Kier alpha value is -2.96. The Morgan fingerprint density at radius 1 is 1.00 bits per heavy atom. The quantitative estimate of drug-likeness (QED) is 0.476. The number of hydrogen-bond acceptors (Lipinski definition) is 4. The van der Waals surface area contributed by atoms with Gasteiger partial charge in [-0.3, -0.25) is 9.36 Å². The number of aliphatic hydroxyl groups is 1. The van der Waals surface area contributed by atoms with Gasteiger partial charge in [-0.2, -0.15) is 0 Å². The zero-order valence-electron chi connectivity index (χ0n) is 15.5. The van der Waals surface area contributed by atoms with Gasteiger partial charge in [-0.05, 0) is 41.5 Å². The van der Waals surface area contributed by atoms with Crippen LogP contribution < -0.4 is 10.3 Å². The summed E-state index contributed by atoms with van der Waals surface area (Å²) in [5.74, 6) is 0.664. The van der Waals surface area contributed by atoms with Crippen LogP contribution in [0.15, 0.2) is 88.4 Å². The number of aromatic nitrogens is 2. The molecule has 0 saturated heterocycles. The standard InChI is InChI=1S/C23H19BrN2O3/c24-18-8-11-22-21(12-18)23(28)26(15-25-22)13-19(27)14-29-20-9-6-17(7-10-20)16-4-2-1-3-5-16/h1-12,15,19,27H,13-14H2. The molecular weight excluding hydrogens is 432 g/mol. The van der Waals surface area contributed by atoms with Crippen molar-refractivity contribution in [3.63, 3.8) is 0 Å². The monoisotopic (exact) mass is 450 g/mol. The molecule has 3 aromatic carbocycles. The normalized spacial score (nSPS) is 12.1. The molecule has 5 nitrogen and oxygen atoms in total. The van der Waals surface area contributed by atoms with Crippen molar-refractivity contribution >= 4 is 26.8 Å². The molecule has 1 unspecified atom stereocenters. The minimum Gasteiger partial charge on any atom is -0.491 e. The lowest BCUT2D eigenvalue weighted by Gasteiger charge is -2.14. The summed E-state index contributed by atoms with van der Waals surface area (Å²) in [6.45, 7) is 0.185. The van der Waals surface area contributed by atoms with E-state index in [-0.39, 0.29) is 18.7 Å². The molecule has 0 saturated carbocycles. The Kier molecular flexibility index (Phi) is 5.74. The molecule has 0 aliphatic heterocycles. The largest absolute Gasteiger partial charge is 0.491 e. The predicted molar refractivity (Wildman–Crippen MR) is 117 cm³/mol. The van der Waals surface area contributed by atoms with Crippen molar-refractivity contribution in [2.45, 2.75) is 12.6 Å². The molecule has 6 heteroatoms. The summed E-state index contributed by atoms with van der Waals surface area (Å²) in [4.78, 5) is 16.9. The van der Waals surface area contributed by atoms with Crippen molar-refractivity contribution in [2.24, 2.45) is 0 Å². The van der Waals surface area contributed by atoms with Gasteiger partial charge in [-0.25, -0.2) is 4.98 Å². The Morgan fingerprint density at radius 3 is 2.48 bits per heavy atom. The number of halogens is 1. The summed E-state index contributed by atoms with van der Waals surface area (Å²) in [5.41, 5.74) is 2.66. The molecule has 1 atom stereocenters. The number of hydrogen-bond donors (Lipinski definition) is 1. The molecule has 0 aliphatic carbocycles. The van der Waals surface area contributed by atoms with E-state index >= 15 is 0 Å². The molecule has 1 aromatic heterocycles. The van der Waals surface area contributed by atoms with E-state index < -0.39 is 6.10 Å². The highest BCUT2D eigenvalue weighted by Gasteiger charge is 2.11. The van der Waals surface area contributed by atoms with Gasteiger partial charge < -0.3 is 9.84 Å². The molecule has 146 valence electrons. The van der Waals surface area contributed by atoms with Crippen LogP contribution in [0, 0.1) is 0 Å². The SMILES string of the molecule is O=c1c2cc(Br)ccc2ncn1CC(O)COc1ccc(-c2ccccc2)cc1. The fourth-order valence-corrected chi connectivity index (χ4v) is 3.47. The molecule has 29 heavy (non-hydrogen) atoms. The minimum absolute atomic E-state index is 0.0770. The summed E-state index contributed by atoms with van der Waals surface area (Å²) in [6, 6.07) is 23.1. The summed E-state index contributed by atoms with van der Waals surface area (Å²) in [6.07, 6.45) is 0.615. The Bertz CT molecular complexity index is 1170. The first-order valence-electron chi connectivity index (χ1n) is 9.21. The van der Waals surface area contributed by atoms with Gasteiger partial charge in [0.05, 0.1) is 23.8 Å². The number of aliphatic hydroxyl groups excluding tert-OH is 1. The van der Waals surface area contributed by atoms with Crippen LogP contribution in [0.3, 0.4) is 0 Å². The Morgan fingerprint density at radius 2 is 1.72 bits per heavy atom. The fraction of sp³-hybridized carbons (Fsp3) is 0.130. The summed E-state index contributed by atoms with van der Waals surface area (Å²) >= 11 is 3.37. The van der Waals surface area contributed by atoms with Crippen LogP contribution in [-0.2, 0) is 6.54 Å². The summed E-state index contributed by atoms with van der Waals surface area (Å²) < 4.78 is 7.90. The lowest BCUT2D eigenvalue weighted by atomic mass is 10.1. The van der Waals surface area contributed by atoms with Gasteiger partial charge >= 0.3 is 0 Å². The summed E-state index contributed by atoms with van der Waals surface area (Å²) in [5, 5.41) is 10.8. The Labute approximate surface area is 176 Å². The van der Waals surface area contributed by atoms with E-state index in [2.05, 4.69) is 20.9 Å². The van der Waals surface area contributed by atoms with Crippen molar-refractivity contribution in [3.05, 3.63) is 94.0 Å². The third-order valence-electron chi connectivity index (χ3n) is 4.60. The van der Waals surface area contributed by atoms with E-state index in [0.717, 1.165) is 15.6 Å². The van der Waals surface area contributed by atoms with Gasteiger partial charge in [0.2, 0.25) is 0 Å². The number of ether oxygens (including phenoxy) is 1. The minimum atomic E-state index is -0.840. The van der Waals surface area contributed by atoms with Crippen molar-refractivity contribution in [1.82, 2.24) is 9.55 Å². The molecule has 1 heterocycles. The van der Waals surface area contributed by atoms with E-state index in [0.29, 0.717) is 16.7 Å². The topological polar surface area (TPSA) is 64.4 Å². The zero-order valence-corrected chi connectivity index (χ0v) is 17.1. The van der Waals surface area contributed by atoms with Gasteiger partial charge in [-0.15, -0.1) is 0 Å². The Balaban J connectivity index is 1.40. The second-order valence-electron chi connectivity index (χ2n) is 6.72. The molecule has 0 fully saturated rings. The van der Waals surface area contributed by atoms with Crippen molar-refractivity contribution in [3.8, 4) is 16.9 Å². The molecule has 0 bridgehead atoms. The third-order valence-corrected chi connectivity index (χ3v) is 5.09. The van der Waals surface area contributed by atoms with Crippen LogP contribution in [-0.4, -0.2) is 27.4 Å². The molecule has 4 aromatic rings. The van der Waals surface area contributed by atoms with Crippen molar-refractivity contribution < 1.29 is 9.84 Å². The molecule has 0 amide bonds. The second kappa shape index (κ2) is 8.59. The van der Waals surface area contributed by atoms with Crippen LogP contribution in [0.5, 0.6) is 5.75 Å². The van der Waals surface area contributed by atoms with E-state index in [1.807, 2.05) is 60.7 Å². The zero-order chi connectivity index (χ0) is 20.2. The molecule has 0 spiro atoms. The molecule has 0 aliphatic rings. The molecule has 1 N–H and O–H groups in total. The first-order chi connectivity index (χ1) is 14.1. The van der Waals surface area contributed by atoms with Gasteiger partial charge in [0.25, 0.3) is 5.56 Å². The number of nitrogens with zero attached hydrogens (tertiary/aromatic N) is 2. The molecular formula is C23H19BrN2O3. The highest BCUT2D eigenvalue weighted by Crippen LogP contribution is 2.22. The first kappa shape index (κ1) is 19.4. The van der Waals surface area contributed by atoms with Gasteiger partial charge in [0.15, 0.2) is 0 Å². The molecule has 4 rings (SSSR count). The van der Waals surface area contributed by atoms with Crippen LogP contribution in [0.1, 0.15) is 0 Å². The third kappa shape index (κ3) is 4.55. The fourth-order valence-electron chi connectivity index (χ4n) is 3.11. The highest BCUT2D eigenvalue weighted by atomic mass is 79.9. The van der Waals surface area contributed by atoms with Crippen LogP contribution in [0.4, 0.5) is 0 Å². The predicted octanol–water partition coefficient (Wildman–Crippen LogP) is 4.27. The van der Waals surface area contributed by atoms with Gasteiger partial charge in [0, 0.05) is 4.47 Å². The maximum atomic E-state index is 12.6. The first-order valence-corrected chi connectivity index (χ1v) is 10.0. The number of rotatable bonds is 6. The van der Waals surface area contributed by atoms with E-state index in [1.54, 1.807) is 12.1 Å². The molecule has 0 radical (unpaired) electrons.